The van der Waals surface area contributed by atoms with Crippen LogP contribution in [-0.4, -0.2) is 48.6 Å². The lowest BCUT2D eigenvalue weighted by Crippen LogP contribution is -2.31. The Bertz CT molecular complexity index is 964. The second-order valence-electron chi connectivity index (χ2n) is 8.04. The van der Waals surface area contributed by atoms with E-state index in [1.54, 1.807) is 19.2 Å². The van der Waals surface area contributed by atoms with Crippen molar-refractivity contribution in [3.8, 4) is 5.75 Å². The SMILES string of the molecule is COCCCN1C(=O)C(=O)/C(=C(/O)c2ccc(OCC(C)C)cc2C)C1c1cccs1. The Kier molecular flexibility index (Phi) is 7.51. The number of nitrogens with zero attached hydrogens (tertiary/aromatic N) is 1. The van der Waals surface area contributed by atoms with Crippen LogP contribution in [0.3, 0.4) is 0 Å². The zero-order valence-electron chi connectivity index (χ0n) is 18.4. The van der Waals surface area contributed by atoms with Gasteiger partial charge in [-0.3, -0.25) is 9.59 Å². The Labute approximate surface area is 187 Å². The fourth-order valence-electron chi connectivity index (χ4n) is 3.63. The van der Waals surface area contributed by atoms with Gasteiger partial charge in [0.05, 0.1) is 18.2 Å². The van der Waals surface area contributed by atoms with Crippen molar-refractivity contribution in [3.05, 3.63) is 57.3 Å². The molecule has 7 heteroatoms. The predicted molar refractivity (Wildman–Crippen MR) is 121 cm³/mol. The number of carbonyl (C=O) groups is 2. The number of thiophene rings is 1. The lowest BCUT2D eigenvalue weighted by Gasteiger charge is -2.24. The molecule has 1 aromatic carbocycles. The minimum absolute atomic E-state index is 0.129. The monoisotopic (exact) mass is 443 g/mol. The molecule has 31 heavy (non-hydrogen) atoms. The zero-order valence-corrected chi connectivity index (χ0v) is 19.2. The van der Waals surface area contributed by atoms with E-state index in [1.807, 2.05) is 30.5 Å². The third kappa shape index (κ3) is 4.99. The number of aliphatic hydroxyl groups is 1. The van der Waals surface area contributed by atoms with E-state index in [0.717, 1.165) is 10.4 Å². The average molecular weight is 444 g/mol. The van der Waals surface area contributed by atoms with Crippen molar-refractivity contribution in [3.63, 3.8) is 0 Å². The van der Waals surface area contributed by atoms with Crippen molar-refractivity contribution in [1.29, 1.82) is 0 Å². The molecule has 1 N–H and O–H groups in total. The van der Waals surface area contributed by atoms with Crippen molar-refractivity contribution >= 4 is 28.8 Å². The van der Waals surface area contributed by atoms with Crippen LogP contribution >= 0.6 is 11.3 Å². The normalized spacial score (nSPS) is 18.2. The van der Waals surface area contributed by atoms with Crippen LogP contribution in [0.25, 0.3) is 5.76 Å². The molecular weight excluding hydrogens is 414 g/mol. The molecule has 166 valence electrons. The molecule has 1 unspecified atom stereocenters. The highest BCUT2D eigenvalue weighted by Gasteiger charge is 2.46. The van der Waals surface area contributed by atoms with Crippen LogP contribution in [0, 0.1) is 12.8 Å². The Morgan fingerprint density at radius 3 is 2.65 bits per heavy atom. The molecule has 1 saturated heterocycles. The fourth-order valence-corrected chi connectivity index (χ4v) is 4.48. The highest BCUT2D eigenvalue weighted by Crippen LogP contribution is 2.41. The van der Waals surface area contributed by atoms with Gasteiger partial charge < -0.3 is 19.5 Å². The van der Waals surface area contributed by atoms with Crippen molar-refractivity contribution in [2.24, 2.45) is 5.92 Å². The van der Waals surface area contributed by atoms with Crippen molar-refractivity contribution in [2.75, 3.05) is 26.9 Å². The first kappa shape index (κ1) is 23.0. The molecule has 1 atom stereocenters. The number of ether oxygens (including phenoxy) is 2. The van der Waals surface area contributed by atoms with Gasteiger partial charge in [0.1, 0.15) is 11.5 Å². The molecule has 1 aromatic heterocycles. The van der Waals surface area contributed by atoms with E-state index in [4.69, 9.17) is 9.47 Å². The lowest BCUT2D eigenvalue weighted by atomic mass is 9.97. The van der Waals surface area contributed by atoms with Gasteiger partial charge in [-0.1, -0.05) is 19.9 Å². The number of benzene rings is 1. The summed E-state index contributed by atoms with van der Waals surface area (Å²) in [6.45, 7) is 7.45. The van der Waals surface area contributed by atoms with E-state index in [1.165, 1.54) is 16.2 Å². The number of carbonyl (C=O) groups excluding carboxylic acids is 2. The van der Waals surface area contributed by atoms with Crippen LogP contribution in [0.4, 0.5) is 0 Å². The maximum atomic E-state index is 13.0. The highest BCUT2D eigenvalue weighted by atomic mass is 32.1. The first-order valence-electron chi connectivity index (χ1n) is 10.4. The first-order chi connectivity index (χ1) is 14.8. The minimum atomic E-state index is -0.659. The molecule has 0 aliphatic carbocycles. The highest BCUT2D eigenvalue weighted by molar-refractivity contribution is 7.10. The number of aliphatic hydroxyl groups excluding tert-OH is 1. The summed E-state index contributed by atoms with van der Waals surface area (Å²) in [5, 5.41) is 13.1. The van der Waals surface area contributed by atoms with Crippen LogP contribution in [0.5, 0.6) is 5.75 Å². The first-order valence-corrected chi connectivity index (χ1v) is 11.3. The van der Waals surface area contributed by atoms with Gasteiger partial charge in [-0.2, -0.15) is 0 Å². The predicted octanol–water partition coefficient (Wildman–Crippen LogP) is 4.55. The molecule has 0 bridgehead atoms. The number of likely N-dealkylation sites (tertiary alicyclic amines) is 1. The largest absolute Gasteiger partial charge is 0.507 e. The summed E-state index contributed by atoms with van der Waals surface area (Å²) in [6.07, 6.45) is 0.604. The van der Waals surface area contributed by atoms with Crippen molar-refractivity contribution in [2.45, 2.75) is 33.2 Å². The average Bonchev–Trinajstić information content (AvgIpc) is 3.34. The maximum absolute atomic E-state index is 13.0. The summed E-state index contributed by atoms with van der Waals surface area (Å²) in [5.74, 6) is -0.303. The van der Waals surface area contributed by atoms with Gasteiger partial charge in [-0.05, 0) is 54.5 Å². The number of ketones is 1. The number of rotatable bonds is 9. The van der Waals surface area contributed by atoms with Gasteiger partial charge in [0.2, 0.25) is 0 Å². The molecule has 1 fully saturated rings. The molecule has 2 aromatic rings. The topological polar surface area (TPSA) is 76.1 Å². The number of hydrogen-bond acceptors (Lipinski definition) is 6. The van der Waals surface area contributed by atoms with Crippen LogP contribution in [-0.2, 0) is 14.3 Å². The number of Topliss-reactive ketones (excluding diaryl/α,β-unsaturated/α-hetero) is 1. The smallest absolute Gasteiger partial charge is 0.295 e. The Morgan fingerprint density at radius 1 is 1.26 bits per heavy atom. The zero-order chi connectivity index (χ0) is 22.5. The molecule has 3 rings (SSSR count). The van der Waals surface area contributed by atoms with Crippen molar-refractivity contribution < 1.29 is 24.2 Å². The minimum Gasteiger partial charge on any atom is -0.507 e. The fraction of sp³-hybridized carbons (Fsp3) is 0.417. The number of amides is 1. The standard InChI is InChI=1S/C24H29NO5S/c1-15(2)14-30-17-8-9-18(16(3)13-17)22(26)20-21(19-7-5-12-31-19)25(10-6-11-29-4)24(28)23(20)27/h5,7-9,12-13,15,21,26H,6,10-11,14H2,1-4H3/b22-20+. The Balaban J connectivity index is 2.01. The number of hydrogen-bond donors (Lipinski definition) is 1. The van der Waals surface area contributed by atoms with Crippen LogP contribution < -0.4 is 4.74 Å². The molecule has 1 aliphatic rings. The van der Waals surface area contributed by atoms with Gasteiger partial charge >= 0.3 is 0 Å². The Hall–Kier alpha value is -2.64. The number of methoxy groups -OCH3 is 1. The van der Waals surface area contributed by atoms with Crippen molar-refractivity contribution in [1.82, 2.24) is 4.90 Å². The van der Waals surface area contributed by atoms with E-state index >= 15 is 0 Å². The third-order valence-electron chi connectivity index (χ3n) is 5.14. The van der Waals surface area contributed by atoms with Gasteiger partial charge in [-0.25, -0.2) is 0 Å². The van der Waals surface area contributed by atoms with Crippen LogP contribution in [0.15, 0.2) is 41.3 Å². The van der Waals surface area contributed by atoms with Gasteiger partial charge in [0.15, 0.2) is 0 Å². The second kappa shape index (κ2) is 10.1. The van der Waals surface area contributed by atoms with E-state index in [-0.39, 0.29) is 11.3 Å². The summed E-state index contributed by atoms with van der Waals surface area (Å²) < 4.78 is 10.9. The summed E-state index contributed by atoms with van der Waals surface area (Å²) in [6, 6.07) is 8.51. The summed E-state index contributed by atoms with van der Waals surface area (Å²) in [4.78, 5) is 28.2. The van der Waals surface area contributed by atoms with Gasteiger partial charge in [0.25, 0.3) is 11.7 Å². The van der Waals surface area contributed by atoms with E-state index in [2.05, 4.69) is 13.8 Å². The Morgan fingerprint density at radius 2 is 2.03 bits per heavy atom. The van der Waals surface area contributed by atoms with Crippen LogP contribution in [0.2, 0.25) is 0 Å². The van der Waals surface area contributed by atoms with E-state index < -0.39 is 17.7 Å². The molecule has 1 aliphatic heterocycles. The maximum Gasteiger partial charge on any atom is 0.295 e. The number of aryl methyl sites for hydroxylation is 1. The lowest BCUT2D eigenvalue weighted by molar-refractivity contribution is -0.140. The van der Waals surface area contributed by atoms with E-state index in [0.29, 0.717) is 43.4 Å². The molecular formula is C24H29NO5S. The second-order valence-corrected chi connectivity index (χ2v) is 9.02. The molecule has 6 nitrogen and oxygen atoms in total. The summed E-state index contributed by atoms with van der Waals surface area (Å²) in [7, 11) is 1.60. The van der Waals surface area contributed by atoms with Gasteiger partial charge in [0, 0.05) is 30.7 Å². The quantitative estimate of drug-likeness (QED) is 0.266. The van der Waals surface area contributed by atoms with Gasteiger partial charge in [-0.15, -0.1) is 11.3 Å². The van der Waals surface area contributed by atoms with Crippen LogP contribution in [0.1, 0.15) is 42.3 Å². The summed E-state index contributed by atoms with van der Waals surface area (Å²) >= 11 is 1.46. The molecule has 0 spiro atoms. The molecule has 1 amide bonds. The molecule has 0 saturated carbocycles. The molecule has 2 heterocycles. The third-order valence-corrected chi connectivity index (χ3v) is 6.06. The summed E-state index contributed by atoms with van der Waals surface area (Å²) in [5.41, 5.74) is 1.42. The molecule has 0 radical (unpaired) electrons. The van der Waals surface area contributed by atoms with E-state index in [9.17, 15) is 14.7 Å².